The molecule has 0 aliphatic rings. The van der Waals surface area contributed by atoms with Gasteiger partial charge in [-0.05, 0) is 54.3 Å². The molecule has 0 atom stereocenters. The van der Waals surface area contributed by atoms with Gasteiger partial charge >= 0.3 is 5.97 Å². The maximum Gasteiger partial charge on any atom is 0.335 e. The molecule has 0 radical (unpaired) electrons. The van der Waals surface area contributed by atoms with Crippen LogP contribution in [0.3, 0.4) is 0 Å². The normalized spacial score (nSPS) is 11.1. The number of thioether (sulfide) groups is 1. The molecule has 7 heteroatoms. The lowest BCUT2D eigenvalue weighted by molar-refractivity contribution is 0.0696. The number of nitrogens with one attached hydrogen (secondary N) is 1. The van der Waals surface area contributed by atoms with Crippen LogP contribution in [0.4, 0.5) is 5.69 Å². The van der Waals surface area contributed by atoms with Gasteiger partial charge in [0.1, 0.15) is 0 Å². The van der Waals surface area contributed by atoms with Crippen LogP contribution in [0.15, 0.2) is 58.3 Å². The van der Waals surface area contributed by atoms with Crippen LogP contribution in [-0.2, 0) is 10.0 Å². The van der Waals surface area contributed by atoms with Gasteiger partial charge in [-0.1, -0.05) is 6.92 Å². The van der Waals surface area contributed by atoms with E-state index in [1.807, 2.05) is 19.1 Å². The fourth-order valence-electron chi connectivity index (χ4n) is 1.78. The second-order valence-electron chi connectivity index (χ2n) is 4.39. The number of hydrogen-bond acceptors (Lipinski definition) is 4. The quantitative estimate of drug-likeness (QED) is 0.790. The molecule has 0 fully saturated rings. The summed E-state index contributed by atoms with van der Waals surface area (Å²) in [6.07, 6.45) is 0. The molecule has 0 aliphatic carbocycles. The second-order valence-corrected chi connectivity index (χ2v) is 7.41. The summed E-state index contributed by atoms with van der Waals surface area (Å²) < 4.78 is 26.9. The van der Waals surface area contributed by atoms with Crippen molar-refractivity contribution in [2.75, 3.05) is 10.5 Å². The molecule has 0 bridgehead atoms. The van der Waals surface area contributed by atoms with Crippen LogP contribution in [0.2, 0.25) is 0 Å². The predicted molar refractivity (Wildman–Crippen MR) is 87.0 cm³/mol. The van der Waals surface area contributed by atoms with Crippen LogP contribution in [0, 0.1) is 0 Å². The van der Waals surface area contributed by atoms with Gasteiger partial charge in [-0.2, -0.15) is 0 Å². The average molecular weight is 337 g/mol. The third-order valence-electron chi connectivity index (χ3n) is 2.83. The minimum Gasteiger partial charge on any atom is -0.478 e. The SMILES string of the molecule is CCSc1ccc(NS(=O)(=O)c2ccc(C(=O)O)cc2)cc1. The fourth-order valence-corrected chi connectivity index (χ4v) is 3.50. The van der Waals surface area contributed by atoms with E-state index in [-0.39, 0.29) is 10.5 Å². The minimum absolute atomic E-state index is 0.0181. The van der Waals surface area contributed by atoms with E-state index >= 15 is 0 Å². The van der Waals surface area contributed by atoms with Gasteiger partial charge in [0.15, 0.2) is 0 Å². The highest BCUT2D eigenvalue weighted by atomic mass is 32.2. The number of carboxylic acids is 1. The largest absolute Gasteiger partial charge is 0.478 e. The van der Waals surface area contributed by atoms with Gasteiger partial charge in [0, 0.05) is 10.6 Å². The van der Waals surface area contributed by atoms with Crippen LogP contribution in [0.25, 0.3) is 0 Å². The van der Waals surface area contributed by atoms with E-state index in [0.717, 1.165) is 10.6 Å². The molecule has 2 aromatic rings. The molecular weight excluding hydrogens is 322 g/mol. The molecular formula is C15H15NO4S2. The third kappa shape index (κ3) is 4.02. The summed E-state index contributed by atoms with van der Waals surface area (Å²) in [7, 11) is -3.73. The molecule has 0 aliphatic heterocycles. The Morgan fingerprint density at radius 3 is 2.18 bits per heavy atom. The smallest absolute Gasteiger partial charge is 0.335 e. The Bertz CT molecular complexity index is 753. The highest BCUT2D eigenvalue weighted by Crippen LogP contribution is 2.22. The van der Waals surface area contributed by atoms with Crippen molar-refractivity contribution in [1.82, 2.24) is 0 Å². The molecule has 0 heterocycles. The zero-order valence-electron chi connectivity index (χ0n) is 11.8. The lowest BCUT2D eigenvalue weighted by atomic mass is 10.2. The Labute approximate surface area is 133 Å². The van der Waals surface area contributed by atoms with E-state index in [1.165, 1.54) is 24.3 Å². The van der Waals surface area contributed by atoms with Gasteiger partial charge in [-0.3, -0.25) is 4.72 Å². The standard InChI is InChI=1S/C15H15NO4S2/c1-2-21-13-7-5-12(6-8-13)16-22(19,20)14-9-3-11(4-10-14)15(17)18/h3-10,16H,2H2,1H3,(H,17,18). The molecule has 0 amide bonds. The lowest BCUT2D eigenvalue weighted by Crippen LogP contribution is -2.13. The molecule has 2 N–H and O–H groups in total. The highest BCUT2D eigenvalue weighted by Gasteiger charge is 2.15. The van der Waals surface area contributed by atoms with E-state index in [9.17, 15) is 13.2 Å². The summed E-state index contributed by atoms with van der Waals surface area (Å²) >= 11 is 1.67. The molecule has 2 aromatic carbocycles. The van der Waals surface area contributed by atoms with Crippen LogP contribution in [-0.4, -0.2) is 25.2 Å². The van der Waals surface area contributed by atoms with Crippen molar-refractivity contribution in [3.63, 3.8) is 0 Å². The van der Waals surface area contributed by atoms with E-state index in [4.69, 9.17) is 5.11 Å². The summed E-state index contributed by atoms with van der Waals surface area (Å²) in [6, 6.07) is 12.2. The number of aromatic carboxylic acids is 1. The van der Waals surface area contributed by atoms with Crippen LogP contribution in [0.1, 0.15) is 17.3 Å². The molecule has 0 saturated heterocycles. The molecule has 2 rings (SSSR count). The molecule has 0 unspecified atom stereocenters. The van der Waals surface area contributed by atoms with E-state index in [2.05, 4.69) is 4.72 Å². The van der Waals surface area contributed by atoms with E-state index in [1.54, 1.807) is 23.9 Å². The Hall–Kier alpha value is -1.99. The van der Waals surface area contributed by atoms with Gasteiger partial charge in [-0.25, -0.2) is 13.2 Å². The molecule has 0 spiro atoms. The first kappa shape index (κ1) is 16.4. The van der Waals surface area contributed by atoms with Crippen LogP contribution >= 0.6 is 11.8 Å². The van der Waals surface area contributed by atoms with Crippen molar-refractivity contribution >= 4 is 33.4 Å². The third-order valence-corrected chi connectivity index (χ3v) is 5.12. The number of benzene rings is 2. The zero-order chi connectivity index (χ0) is 16.2. The number of carbonyl (C=O) groups is 1. The van der Waals surface area contributed by atoms with Gasteiger partial charge < -0.3 is 5.11 Å². The van der Waals surface area contributed by atoms with Gasteiger partial charge in [0.25, 0.3) is 10.0 Å². The Balaban J connectivity index is 2.18. The average Bonchev–Trinajstić information content (AvgIpc) is 2.49. The van der Waals surface area contributed by atoms with Crippen molar-refractivity contribution in [2.24, 2.45) is 0 Å². The van der Waals surface area contributed by atoms with Gasteiger partial charge in [0.05, 0.1) is 10.5 Å². The van der Waals surface area contributed by atoms with Gasteiger partial charge in [-0.15, -0.1) is 11.8 Å². The maximum absolute atomic E-state index is 12.2. The summed E-state index contributed by atoms with van der Waals surface area (Å²) in [5.74, 6) is -0.151. The Morgan fingerprint density at radius 1 is 1.09 bits per heavy atom. The summed E-state index contributed by atoms with van der Waals surface area (Å²) in [6.45, 7) is 2.04. The molecule has 0 saturated carbocycles. The number of sulfonamides is 1. The monoisotopic (exact) mass is 337 g/mol. The van der Waals surface area contributed by atoms with Crippen LogP contribution < -0.4 is 4.72 Å². The number of carboxylic acid groups (broad SMARTS) is 1. The first-order valence-corrected chi connectivity index (χ1v) is 8.98. The predicted octanol–water partition coefficient (Wildman–Crippen LogP) is 3.30. The number of rotatable bonds is 6. The van der Waals surface area contributed by atoms with Gasteiger partial charge in [0.2, 0.25) is 0 Å². The highest BCUT2D eigenvalue weighted by molar-refractivity contribution is 7.99. The second kappa shape index (κ2) is 6.85. The van der Waals surface area contributed by atoms with Crippen molar-refractivity contribution in [3.8, 4) is 0 Å². The van der Waals surface area contributed by atoms with Crippen LogP contribution in [0.5, 0.6) is 0 Å². The summed E-state index contributed by atoms with van der Waals surface area (Å²) in [4.78, 5) is 11.9. The van der Waals surface area contributed by atoms with Crippen molar-refractivity contribution in [1.29, 1.82) is 0 Å². The summed E-state index contributed by atoms with van der Waals surface area (Å²) in [5, 5.41) is 8.82. The van der Waals surface area contributed by atoms with Crippen molar-refractivity contribution < 1.29 is 18.3 Å². The number of anilines is 1. The Morgan fingerprint density at radius 2 is 1.68 bits per heavy atom. The molecule has 5 nitrogen and oxygen atoms in total. The molecule has 22 heavy (non-hydrogen) atoms. The first-order chi connectivity index (χ1) is 10.4. The fraction of sp³-hybridized carbons (Fsp3) is 0.133. The van der Waals surface area contributed by atoms with E-state index in [0.29, 0.717) is 5.69 Å². The van der Waals surface area contributed by atoms with Crippen molar-refractivity contribution in [2.45, 2.75) is 16.7 Å². The Kier molecular flexibility index (Phi) is 5.10. The first-order valence-electron chi connectivity index (χ1n) is 6.51. The molecule has 0 aromatic heterocycles. The van der Waals surface area contributed by atoms with Crippen molar-refractivity contribution in [3.05, 3.63) is 54.1 Å². The van der Waals surface area contributed by atoms with E-state index < -0.39 is 16.0 Å². The minimum atomic E-state index is -3.73. The molecule has 116 valence electrons. The topological polar surface area (TPSA) is 83.5 Å². The number of hydrogen-bond donors (Lipinski definition) is 2. The summed E-state index contributed by atoms with van der Waals surface area (Å²) in [5.41, 5.74) is 0.502. The zero-order valence-corrected chi connectivity index (χ0v) is 13.4. The lowest BCUT2D eigenvalue weighted by Gasteiger charge is -2.09. The maximum atomic E-state index is 12.2.